The van der Waals surface area contributed by atoms with Gasteiger partial charge >= 0.3 is 0 Å². The molecule has 0 unspecified atom stereocenters. The Morgan fingerprint density at radius 2 is 1.52 bits per heavy atom. The lowest BCUT2D eigenvalue weighted by Crippen LogP contribution is -2.12. The highest BCUT2D eigenvalue weighted by Crippen LogP contribution is 2.33. The second kappa shape index (κ2) is 7.89. The highest BCUT2D eigenvalue weighted by atomic mass is 16.2. The van der Waals surface area contributed by atoms with Gasteiger partial charge in [0.15, 0.2) is 5.78 Å². The van der Waals surface area contributed by atoms with Gasteiger partial charge in [-0.05, 0) is 34.1 Å². The molecule has 0 aliphatic rings. The molecule has 3 rings (SSSR count). The largest absolute Gasteiger partial charge is 0.396 e. The zero-order chi connectivity index (χ0) is 19.4. The van der Waals surface area contributed by atoms with Crippen LogP contribution < -0.4 is 0 Å². The number of aliphatic hydroxyl groups excluding tert-OH is 1. The molecule has 1 N–H and O–H groups in total. The van der Waals surface area contributed by atoms with Gasteiger partial charge in [0, 0.05) is 17.7 Å². The molecule has 3 aromatic rings. The minimum atomic E-state index is 0.00484. The highest BCUT2D eigenvalue weighted by molar-refractivity contribution is 6.13. The van der Waals surface area contributed by atoms with Crippen LogP contribution in [0.4, 0.5) is 0 Å². The fourth-order valence-corrected chi connectivity index (χ4v) is 3.29. The smallest absolute Gasteiger partial charge is 0.193 e. The molecule has 0 spiro atoms. The molecule has 0 radical (unpaired) electrons. The van der Waals surface area contributed by atoms with Crippen molar-refractivity contribution >= 4 is 5.78 Å². The first-order chi connectivity index (χ1) is 12.9. The van der Waals surface area contributed by atoms with E-state index in [1.165, 1.54) is 5.56 Å². The first kappa shape index (κ1) is 19.1. The summed E-state index contributed by atoms with van der Waals surface area (Å²) < 4.78 is 0. The van der Waals surface area contributed by atoms with Crippen molar-refractivity contribution in [2.24, 2.45) is 0 Å². The molecule has 0 heterocycles. The van der Waals surface area contributed by atoms with Crippen LogP contribution in [0.3, 0.4) is 0 Å². The van der Waals surface area contributed by atoms with Crippen molar-refractivity contribution in [2.75, 3.05) is 6.61 Å². The number of hydrogen-bond donors (Lipinski definition) is 1. The maximum absolute atomic E-state index is 13.1. The third-order valence-corrected chi connectivity index (χ3v) is 4.85. The van der Waals surface area contributed by atoms with Crippen LogP contribution in [-0.4, -0.2) is 17.5 Å². The summed E-state index contributed by atoms with van der Waals surface area (Å²) in [7, 11) is 0. The Bertz CT molecular complexity index is 934. The van der Waals surface area contributed by atoms with Gasteiger partial charge in [0.1, 0.15) is 0 Å². The molecule has 0 aliphatic heterocycles. The third-order valence-electron chi connectivity index (χ3n) is 4.85. The Morgan fingerprint density at radius 1 is 0.852 bits per heavy atom. The van der Waals surface area contributed by atoms with E-state index >= 15 is 0 Å². The first-order valence-electron chi connectivity index (χ1n) is 9.35. The van der Waals surface area contributed by atoms with Gasteiger partial charge < -0.3 is 5.11 Å². The first-order valence-corrected chi connectivity index (χ1v) is 9.35. The molecule has 0 amide bonds. The lowest BCUT2D eigenvalue weighted by atomic mass is 9.82. The van der Waals surface area contributed by atoms with E-state index < -0.39 is 0 Å². The predicted octanol–water partition coefficient (Wildman–Crippen LogP) is 5.42. The Hall–Kier alpha value is -2.71. The highest BCUT2D eigenvalue weighted by Gasteiger charge is 2.19. The lowest BCUT2D eigenvalue weighted by Gasteiger charge is -2.22. The minimum absolute atomic E-state index is 0.00484. The van der Waals surface area contributed by atoms with E-state index in [9.17, 15) is 9.90 Å². The molecule has 27 heavy (non-hydrogen) atoms. The van der Waals surface area contributed by atoms with Crippen LogP contribution in [0.2, 0.25) is 0 Å². The molecule has 0 saturated carbocycles. The van der Waals surface area contributed by atoms with E-state index in [0.29, 0.717) is 17.5 Å². The molecule has 2 nitrogen and oxygen atoms in total. The van der Waals surface area contributed by atoms with E-state index in [-0.39, 0.29) is 17.8 Å². The fourth-order valence-electron chi connectivity index (χ4n) is 3.29. The molecule has 0 fully saturated rings. The normalized spacial score (nSPS) is 11.4. The minimum Gasteiger partial charge on any atom is -0.396 e. The fraction of sp³-hybridized carbons (Fsp3) is 0.240. The lowest BCUT2D eigenvalue weighted by molar-refractivity contribution is 0.103. The van der Waals surface area contributed by atoms with Crippen molar-refractivity contribution in [2.45, 2.75) is 32.6 Å². The number of carbonyl (C=O) groups is 1. The van der Waals surface area contributed by atoms with E-state index in [2.05, 4.69) is 39.0 Å². The Kier molecular flexibility index (Phi) is 5.57. The number of carbonyl (C=O) groups excluding carboxylic acids is 1. The summed E-state index contributed by atoms with van der Waals surface area (Å²) in [5.41, 5.74) is 5.58. The van der Waals surface area contributed by atoms with Gasteiger partial charge in [-0.15, -0.1) is 0 Å². The molecule has 3 aromatic carbocycles. The van der Waals surface area contributed by atoms with E-state index in [0.717, 1.165) is 16.7 Å². The quantitative estimate of drug-likeness (QED) is 0.619. The summed E-state index contributed by atoms with van der Waals surface area (Å²) in [6, 6.07) is 23.5. The van der Waals surface area contributed by atoms with Crippen molar-refractivity contribution in [1.29, 1.82) is 0 Å². The van der Waals surface area contributed by atoms with Gasteiger partial charge in [-0.25, -0.2) is 0 Å². The number of hydrogen-bond acceptors (Lipinski definition) is 2. The van der Waals surface area contributed by atoms with Crippen molar-refractivity contribution in [1.82, 2.24) is 0 Å². The van der Waals surface area contributed by atoms with Gasteiger partial charge in [-0.2, -0.15) is 0 Å². The van der Waals surface area contributed by atoms with Crippen LogP contribution in [0, 0.1) is 0 Å². The number of benzene rings is 3. The summed E-state index contributed by atoms with van der Waals surface area (Å²) in [6.45, 7) is 6.62. The average molecular weight is 358 g/mol. The van der Waals surface area contributed by atoms with Crippen LogP contribution in [0.25, 0.3) is 11.1 Å². The standard InChI is InChI=1S/C25H26O2/c1-25(2,3)20-14-13-18(15-16-26)23(17-20)21-11-7-8-12-22(21)24(27)19-9-5-4-6-10-19/h4-14,17,26H,15-16H2,1-3H3. The van der Waals surface area contributed by atoms with Crippen molar-refractivity contribution in [3.05, 3.63) is 95.1 Å². The van der Waals surface area contributed by atoms with Crippen molar-refractivity contribution in [3.8, 4) is 11.1 Å². The van der Waals surface area contributed by atoms with Crippen LogP contribution in [0.15, 0.2) is 72.8 Å². The summed E-state index contributed by atoms with van der Waals surface area (Å²) in [5.74, 6) is 0.0160. The van der Waals surface area contributed by atoms with Gasteiger partial charge in [0.25, 0.3) is 0 Å². The zero-order valence-electron chi connectivity index (χ0n) is 16.2. The Labute approximate surface area is 161 Å². The van der Waals surface area contributed by atoms with Crippen LogP contribution in [0.5, 0.6) is 0 Å². The number of rotatable bonds is 5. The summed E-state index contributed by atoms with van der Waals surface area (Å²) in [4.78, 5) is 13.1. The van der Waals surface area contributed by atoms with E-state index in [4.69, 9.17) is 0 Å². The SMILES string of the molecule is CC(C)(C)c1ccc(CCO)c(-c2ccccc2C(=O)c2ccccc2)c1. The Balaban J connectivity index is 2.18. The molecular weight excluding hydrogens is 332 g/mol. The number of ketones is 1. The van der Waals surface area contributed by atoms with Crippen molar-refractivity contribution in [3.63, 3.8) is 0 Å². The zero-order valence-corrected chi connectivity index (χ0v) is 16.2. The molecule has 138 valence electrons. The maximum atomic E-state index is 13.1. The molecule has 0 atom stereocenters. The monoisotopic (exact) mass is 358 g/mol. The van der Waals surface area contributed by atoms with Crippen LogP contribution in [0.1, 0.15) is 47.8 Å². The van der Waals surface area contributed by atoms with Gasteiger partial charge in [-0.1, -0.05) is 93.6 Å². The topological polar surface area (TPSA) is 37.3 Å². The molecule has 0 bridgehead atoms. The molecule has 2 heteroatoms. The van der Waals surface area contributed by atoms with Crippen LogP contribution in [-0.2, 0) is 11.8 Å². The summed E-state index contributed by atoms with van der Waals surface area (Å²) in [5, 5.41) is 9.51. The van der Waals surface area contributed by atoms with Gasteiger partial charge in [0.2, 0.25) is 0 Å². The summed E-state index contributed by atoms with van der Waals surface area (Å²) >= 11 is 0. The predicted molar refractivity (Wildman–Crippen MR) is 111 cm³/mol. The second-order valence-electron chi connectivity index (χ2n) is 7.84. The van der Waals surface area contributed by atoms with Gasteiger partial charge in [-0.3, -0.25) is 4.79 Å². The second-order valence-corrected chi connectivity index (χ2v) is 7.84. The van der Waals surface area contributed by atoms with E-state index in [1.807, 2.05) is 54.6 Å². The molecule has 0 saturated heterocycles. The Morgan fingerprint density at radius 3 is 2.19 bits per heavy atom. The molecule has 0 aliphatic carbocycles. The summed E-state index contributed by atoms with van der Waals surface area (Å²) in [6.07, 6.45) is 0.563. The van der Waals surface area contributed by atoms with Crippen LogP contribution >= 0.6 is 0 Å². The number of aliphatic hydroxyl groups is 1. The molecule has 0 aromatic heterocycles. The average Bonchev–Trinajstić information content (AvgIpc) is 2.68. The maximum Gasteiger partial charge on any atom is 0.193 e. The molecular formula is C25H26O2. The third kappa shape index (κ3) is 4.17. The van der Waals surface area contributed by atoms with Gasteiger partial charge in [0.05, 0.1) is 0 Å². The van der Waals surface area contributed by atoms with E-state index in [1.54, 1.807) is 0 Å². The van der Waals surface area contributed by atoms with Crippen molar-refractivity contribution < 1.29 is 9.90 Å².